The van der Waals surface area contributed by atoms with Crippen molar-refractivity contribution in [3.8, 4) is 5.88 Å². The highest BCUT2D eigenvalue weighted by Gasteiger charge is 2.05. The molecule has 0 aromatic carbocycles. The van der Waals surface area contributed by atoms with E-state index in [9.17, 15) is 0 Å². The van der Waals surface area contributed by atoms with Crippen molar-refractivity contribution in [2.45, 2.75) is 33.2 Å². The maximum atomic E-state index is 5.69. The molecule has 7 heteroatoms. The molecule has 0 aliphatic heterocycles. The van der Waals surface area contributed by atoms with Crippen LogP contribution in [0.4, 0.5) is 0 Å². The molecule has 2 N–H and O–H groups in total. The molecule has 2 heterocycles. The van der Waals surface area contributed by atoms with E-state index in [0.717, 1.165) is 43.1 Å². The molecule has 142 valence electrons. The van der Waals surface area contributed by atoms with Crippen molar-refractivity contribution in [1.82, 2.24) is 20.6 Å². The molecule has 0 unspecified atom stereocenters. The van der Waals surface area contributed by atoms with Crippen LogP contribution < -0.4 is 15.4 Å². The fraction of sp³-hybridized carbons (Fsp3) is 0.421. The van der Waals surface area contributed by atoms with Crippen molar-refractivity contribution in [1.29, 1.82) is 0 Å². The lowest BCUT2D eigenvalue weighted by molar-refractivity contribution is 0.302. The number of hydrogen-bond donors (Lipinski definition) is 2. The van der Waals surface area contributed by atoms with E-state index >= 15 is 0 Å². The van der Waals surface area contributed by atoms with E-state index in [1.165, 1.54) is 0 Å². The third-order valence-corrected chi connectivity index (χ3v) is 3.44. The van der Waals surface area contributed by atoms with Crippen molar-refractivity contribution < 1.29 is 4.74 Å². The van der Waals surface area contributed by atoms with E-state index in [2.05, 4.69) is 39.4 Å². The SMILES string of the molecule is CCCOc1ncccc1CN=C(NCC)NCCc1ccccn1.I. The second-order valence-corrected chi connectivity index (χ2v) is 5.51. The molecule has 0 aliphatic rings. The Morgan fingerprint density at radius 2 is 1.92 bits per heavy atom. The number of aliphatic imine (C=N–C) groups is 1. The summed E-state index contributed by atoms with van der Waals surface area (Å²) in [6.07, 6.45) is 5.36. The first-order valence-electron chi connectivity index (χ1n) is 8.82. The van der Waals surface area contributed by atoms with Crippen LogP contribution in [0, 0.1) is 0 Å². The molecule has 2 aromatic rings. The first-order valence-corrected chi connectivity index (χ1v) is 8.82. The molecular weight excluding hydrogens is 441 g/mol. The quantitative estimate of drug-likeness (QED) is 0.336. The number of nitrogens with one attached hydrogen (secondary N) is 2. The summed E-state index contributed by atoms with van der Waals surface area (Å²) in [6, 6.07) is 9.86. The lowest BCUT2D eigenvalue weighted by atomic mass is 10.2. The lowest BCUT2D eigenvalue weighted by Crippen LogP contribution is -2.38. The van der Waals surface area contributed by atoms with E-state index in [1.807, 2.05) is 36.5 Å². The smallest absolute Gasteiger partial charge is 0.218 e. The Bertz CT molecular complexity index is 651. The number of ether oxygens (including phenoxy) is 1. The van der Waals surface area contributed by atoms with Crippen LogP contribution >= 0.6 is 24.0 Å². The van der Waals surface area contributed by atoms with Gasteiger partial charge >= 0.3 is 0 Å². The van der Waals surface area contributed by atoms with Crippen LogP contribution in [0.1, 0.15) is 31.5 Å². The fourth-order valence-corrected chi connectivity index (χ4v) is 2.23. The summed E-state index contributed by atoms with van der Waals surface area (Å²) in [4.78, 5) is 13.3. The zero-order chi connectivity index (χ0) is 17.7. The summed E-state index contributed by atoms with van der Waals surface area (Å²) in [5.41, 5.74) is 2.05. The largest absolute Gasteiger partial charge is 0.477 e. The van der Waals surface area contributed by atoms with Crippen LogP contribution in [0.5, 0.6) is 5.88 Å². The van der Waals surface area contributed by atoms with Gasteiger partial charge in [-0.25, -0.2) is 9.98 Å². The van der Waals surface area contributed by atoms with Crippen LogP contribution in [-0.4, -0.2) is 35.6 Å². The predicted octanol–water partition coefficient (Wildman–Crippen LogP) is 3.18. The molecular formula is C19H28IN5O. The summed E-state index contributed by atoms with van der Waals surface area (Å²) >= 11 is 0. The molecule has 0 atom stereocenters. The Labute approximate surface area is 172 Å². The number of halogens is 1. The summed E-state index contributed by atoms with van der Waals surface area (Å²) in [5.74, 6) is 1.45. The number of rotatable bonds is 9. The third kappa shape index (κ3) is 7.99. The molecule has 0 fully saturated rings. The topological polar surface area (TPSA) is 71.4 Å². The highest BCUT2D eigenvalue weighted by Crippen LogP contribution is 2.15. The van der Waals surface area contributed by atoms with Gasteiger partial charge in [-0.15, -0.1) is 24.0 Å². The van der Waals surface area contributed by atoms with Gasteiger partial charge in [0.05, 0.1) is 13.2 Å². The summed E-state index contributed by atoms with van der Waals surface area (Å²) in [6.45, 7) is 6.89. The number of hydrogen-bond acceptors (Lipinski definition) is 4. The van der Waals surface area contributed by atoms with Crippen molar-refractivity contribution >= 4 is 29.9 Å². The predicted molar refractivity (Wildman–Crippen MR) is 116 cm³/mol. The normalized spacial score (nSPS) is 10.8. The van der Waals surface area contributed by atoms with Gasteiger partial charge < -0.3 is 15.4 Å². The van der Waals surface area contributed by atoms with Gasteiger partial charge in [0.2, 0.25) is 5.88 Å². The first-order chi connectivity index (χ1) is 12.3. The molecule has 0 bridgehead atoms. The Morgan fingerprint density at radius 1 is 1.08 bits per heavy atom. The minimum absolute atomic E-state index is 0. The molecule has 26 heavy (non-hydrogen) atoms. The van der Waals surface area contributed by atoms with Gasteiger partial charge in [-0.05, 0) is 31.5 Å². The van der Waals surface area contributed by atoms with E-state index in [0.29, 0.717) is 19.0 Å². The van der Waals surface area contributed by atoms with E-state index in [-0.39, 0.29) is 24.0 Å². The lowest BCUT2D eigenvalue weighted by Gasteiger charge is -2.12. The number of pyridine rings is 2. The number of guanidine groups is 1. The zero-order valence-electron chi connectivity index (χ0n) is 15.4. The zero-order valence-corrected chi connectivity index (χ0v) is 17.8. The van der Waals surface area contributed by atoms with Gasteiger partial charge in [-0.2, -0.15) is 0 Å². The van der Waals surface area contributed by atoms with E-state index < -0.39 is 0 Å². The maximum Gasteiger partial charge on any atom is 0.218 e. The van der Waals surface area contributed by atoms with Gasteiger partial charge in [0.15, 0.2) is 5.96 Å². The first kappa shape index (κ1) is 22.1. The van der Waals surface area contributed by atoms with Crippen LogP contribution in [0.15, 0.2) is 47.7 Å². The monoisotopic (exact) mass is 469 g/mol. The molecule has 0 radical (unpaired) electrons. The molecule has 0 spiro atoms. The number of aromatic nitrogens is 2. The molecule has 0 saturated carbocycles. The van der Waals surface area contributed by atoms with Crippen LogP contribution in [-0.2, 0) is 13.0 Å². The fourth-order valence-electron chi connectivity index (χ4n) is 2.23. The molecule has 0 amide bonds. The molecule has 2 rings (SSSR count). The van der Waals surface area contributed by atoms with Crippen molar-refractivity contribution in [2.24, 2.45) is 4.99 Å². The van der Waals surface area contributed by atoms with Crippen molar-refractivity contribution in [3.63, 3.8) is 0 Å². The van der Waals surface area contributed by atoms with Crippen LogP contribution in [0.2, 0.25) is 0 Å². The van der Waals surface area contributed by atoms with Gasteiger partial charge in [-0.1, -0.05) is 19.1 Å². The average molecular weight is 469 g/mol. The van der Waals surface area contributed by atoms with Crippen LogP contribution in [0.25, 0.3) is 0 Å². The van der Waals surface area contributed by atoms with Crippen molar-refractivity contribution in [3.05, 3.63) is 54.0 Å². The third-order valence-electron chi connectivity index (χ3n) is 3.44. The summed E-state index contributed by atoms with van der Waals surface area (Å²) in [5, 5.41) is 6.60. The average Bonchev–Trinajstić information content (AvgIpc) is 2.66. The highest BCUT2D eigenvalue weighted by atomic mass is 127. The second kappa shape index (κ2) is 13.3. The highest BCUT2D eigenvalue weighted by molar-refractivity contribution is 14.0. The minimum atomic E-state index is 0. The molecule has 0 saturated heterocycles. The maximum absolute atomic E-state index is 5.69. The van der Waals surface area contributed by atoms with Gasteiger partial charge in [-0.3, -0.25) is 4.98 Å². The Hall–Kier alpha value is -1.90. The Balaban J connectivity index is 0.00000338. The van der Waals surface area contributed by atoms with Gasteiger partial charge in [0, 0.05) is 43.2 Å². The summed E-state index contributed by atoms with van der Waals surface area (Å²) < 4.78 is 5.69. The van der Waals surface area contributed by atoms with E-state index in [4.69, 9.17) is 4.74 Å². The molecule has 2 aromatic heterocycles. The van der Waals surface area contributed by atoms with E-state index in [1.54, 1.807) is 6.20 Å². The standard InChI is InChI=1S/C19H27N5O.HI/c1-3-14-25-18-16(8-7-12-22-18)15-24-19(20-4-2)23-13-10-17-9-5-6-11-21-17;/h5-9,11-12H,3-4,10,13-15H2,1-2H3,(H2,20,23,24);1H. The Morgan fingerprint density at radius 3 is 2.65 bits per heavy atom. The van der Waals surface area contributed by atoms with Gasteiger partial charge in [0.25, 0.3) is 0 Å². The minimum Gasteiger partial charge on any atom is -0.477 e. The Kier molecular flexibility index (Phi) is 11.3. The molecule has 6 nitrogen and oxygen atoms in total. The second-order valence-electron chi connectivity index (χ2n) is 5.51. The number of nitrogens with zero attached hydrogens (tertiary/aromatic N) is 3. The van der Waals surface area contributed by atoms with Crippen molar-refractivity contribution in [2.75, 3.05) is 19.7 Å². The van der Waals surface area contributed by atoms with Crippen LogP contribution in [0.3, 0.4) is 0 Å². The molecule has 0 aliphatic carbocycles. The summed E-state index contributed by atoms with van der Waals surface area (Å²) in [7, 11) is 0. The van der Waals surface area contributed by atoms with Gasteiger partial charge in [0.1, 0.15) is 0 Å².